The predicted molar refractivity (Wildman–Crippen MR) is 92.2 cm³/mol. The molecule has 2 rings (SSSR count). The normalized spacial score (nSPS) is 11.5. The molecule has 0 radical (unpaired) electrons. The van der Waals surface area contributed by atoms with Gasteiger partial charge < -0.3 is 15.4 Å². The Balaban J connectivity index is 2.00. The molecular weight excluding hydrogens is 304 g/mol. The molecule has 0 aromatic heterocycles. The van der Waals surface area contributed by atoms with Crippen molar-refractivity contribution in [2.24, 2.45) is 0 Å². The second-order valence-corrected chi connectivity index (χ2v) is 5.43. The van der Waals surface area contributed by atoms with Crippen LogP contribution in [0, 0.1) is 0 Å². The van der Waals surface area contributed by atoms with E-state index in [1.165, 1.54) is 0 Å². The van der Waals surface area contributed by atoms with Crippen LogP contribution >= 0.6 is 0 Å². The number of carbonyl (C=O) groups excluding carboxylic acids is 2. The van der Waals surface area contributed by atoms with Crippen molar-refractivity contribution in [2.75, 3.05) is 13.6 Å². The standard InChI is InChI=1S/C19H22N2O3/c1-20-13-18(22)21-17(12-15-8-4-2-5-9-15)19(23)24-14-16-10-6-3-7-11-16/h2-11,17,20H,12-14H2,1H3,(H,21,22)/t17-/m0/s1. The zero-order valence-corrected chi connectivity index (χ0v) is 13.7. The molecule has 0 aliphatic heterocycles. The number of ether oxygens (including phenoxy) is 1. The molecule has 2 aromatic rings. The Morgan fingerprint density at radius 1 is 0.958 bits per heavy atom. The van der Waals surface area contributed by atoms with Gasteiger partial charge in [0, 0.05) is 6.42 Å². The largest absolute Gasteiger partial charge is 0.459 e. The lowest BCUT2D eigenvalue weighted by Gasteiger charge is -2.18. The predicted octanol–water partition coefficient (Wildman–Crippen LogP) is 1.68. The molecule has 0 unspecified atom stereocenters. The molecule has 0 spiro atoms. The van der Waals surface area contributed by atoms with Gasteiger partial charge in [0.15, 0.2) is 0 Å². The number of hydrogen-bond acceptors (Lipinski definition) is 4. The van der Waals surface area contributed by atoms with Crippen molar-refractivity contribution in [3.8, 4) is 0 Å². The van der Waals surface area contributed by atoms with E-state index in [1.54, 1.807) is 7.05 Å². The highest BCUT2D eigenvalue weighted by molar-refractivity contribution is 5.85. The van der Waals surface area contributed by atoms with E-state index in [2.05, 4.69) is 10.6 Å². The first-order valence-corrected chi connectivity index (χ1v) is 7.87. The Labute approximate surface area is 142 Å². The van der Waals surface area contributed by atoms with E-state index in [4.69, 9.17) is 4.74 Å². The van der Waals surface area contributed by atoms with Gasteiger partial charge in [0.2, 0.25) is 5.91 Å². The van der Waals surface area contributed by atoms with E-state index >= 15 is 0 Å². The number of esters is 1. The molecule has 0 aliphatic carbocycles. The van der Waals surface area contributed by atoms with E-state index in [0.29, 0.717) is 6.42 Å². The molecule has 24 heavy (non-hydrogen) atoms. The molecule has 1 atom stereocenters. The number of benzene rings is 2. The van der Waals surface area contributed by atoms with Crippen molar-refractivity contribution < 1.29 is 14.3 Å². The maximum absolute atomic E-state index is 12.4. The Morgan fingerprint density at radius 2 is 1.54 bits per heavy atom. The van der Waals surface area contributed by atoms with E-state index in [9.17, 15) is 9.59 Å². The van der Waals surface area contributed by atoms with Crippen molar-refractivity contribution in [3.63, 3.8) is 0 Å². The summed E-state index contributed by atoms with van der Waals surface area (Å²) in [5.41, 5.74) is 1.87. The number of likely N-dealkylation sites (N-methyl/N-ethyl adjacent to an activating group) is 1. The highest BCUT2D eigenvalue weighted by atomic mass is 16.5. The molecule has 1 amide bonds. The van der Waals surface area contributed by atoms with Gasteiger partial charge in [0.1, 0.15) is 12.6 Å². The quantitative estimate of drug-likeness (QED) is 0.724. The van der Waals surface area contributed by atoms with E-state index < -0.39 is 12.0 Å². The van der Waals surface area contributed by atoms with Gasteiger partial charge in [-0.2, -0.15) is 0 Å². The topological polar surface area (TPSA) is 67.4 Å². The molecule has 5 heteroatoms. The lowest BCUT2D eigenvalue weighted by molar-refractivity contribution is -0.149. The molecule has 126 valence electrons. The number of amides is 1. The first-order chi connectivity index (χ1) is 11.7. The molecule has 0 saturated heterocycles. The molecule has 2 N–H and O–H groups in total. The lowest BCUT2D eigenvalue weighted by Crippen LogP contribution is -2.46. The molecule has 0 saturated carbocycles. The Hall–Kier alpha value is -2.66. The molecule has 0 aliphatic rings. The van der Waals surface area contributed by atoms with Crippen molar-refractivity contribution in [2.45, 2.75) is 19.1 Å². The van der Waals surface area contributed by atoms with Crippen LogP contribution in [0.25, 0.3) is 0 Å². The third-order valence-electron chi connectivity index (χ3n) is 3.46. The van der Waals surface area contributed by atoms with Crippen molar-refractivity contribution in [1.82, 2.24) is 10.6 Å². The molecule has 2 aromatic carbocycles. The average Bonchev–Trinajstić information content (AvgIpc) is 2.61. The van der Waals surface area contributed by atoms with Gasteiger partial charge in [-0.25, -0.2) is 4.79 Å². The zero-order chi connectivity index (χ0) is 17.2. The van der Waals surface area contributed by atoms with Gasteiger partial charge in [0.25, 0.3) is 0 Å². The van der Waals surface area contributed by atoms with Crippen LogP contribution in [-0.2, 0) is 27.4 Å². The van der Waals surface area contributed by atoms with Crippen LogP contribution in [-0.4, -0.2) is 31.5 Å². The molecule has 0 bridgehead atoms. The summed E-state index contributed by atoms with van der Waals surface area (Å²) in [5, 5.41) is 5.50. The van der Waals surface area contributed by atoms with Crippen LogP contribution in [0.3, 0.4) is 0 Å². The summed E-state index contributed by atoms with van der Waals surface area (Å²) in [4.78, 5) is 24.2. The minimum absolute atomic E-state index is 0.150. The first kappa shape index (κ1) is 17.7. The number of rotatable bonds is 8. The Kier molecular flexibility index (Phi) is 6.98. The number of hydrogen-bond donors (Lipinski definition) is 2. The molecule has 5 nitrogen and oxygen atoms in total. The van der Waals surface area contributed by atoms with Gasteiger partial charge in [-0.15, -0.1) is 0 Å². The SMILES string of the molecule is CNCC(=O)N[C@@H](Cc1ccccc1)C(=O)OCc1ccccc1. The maximum Gasteiger partial charge on any atom is 0.329 e. The Morgan fingerprint density at radius 3 is 2.12 bits per heavy atom. The van der Waals surface area contributed by atoms with Crippen LogP contribution in [0.1, 0.15) is 11.1 Å². The van der Waals surface area contributed by atoms with Gasteiger partial charge >= 0.3 is 5.97 Å². The zero-order valence-electron chi connectivity index (χ0n) is 13.7. The van der Waals surface area contributed by atoms with E-state index in [0.717, 1.165) is 11.1 Å². The monoisotopic (exact) mass is 326 g/mol. The number of carbonyl (C=O) groups is 2. The summed E-state index contributed by atoms with van der Waals surface area (Å²) in [5.74, 6) is -0.678. The van der Waals surface area contributed by atoms with Crippen molar-refractivity contribution in [3.05, 3.63) is 71.8 Å². The maximum atomic E-state index is 12.4. The van der Waals surface area contributed by atoms with E-state index in [-0.39, 0.29) is 19.1 Å². The molecular formula is C19H22N2O3. The van der Waals surface area contributed by atoms with Gasteiger partial charge in [-0.3, -0.25) is 4.79 Å². The van der Waals surface area contributed by atoms with Gasteiger partial charge in [-0.1, -0.05) is 60.7 Å². The fourth-order valence-electron chi connectivity index (χ4n) is 2.28. The van der Waals surface area contributed by atoms with E-state index in [1.807, 2.05) is 60.7 Å². The second kappa shape index (κ2) is 9.47. The summed E-state index contributed by atoms with van der Waals surface area (Å²) in [6, 6.07) is 18.3. The highest BCUT2D eigenvalue weighted by Crippen LogP contribution is 2.07. The third-order valence-corrected chi connectivity index (χ3v) is 3.46. The van der Waals surface area contributed by atoms with Gasteiger partial charge in [0.05, 0.1) is 6.54 Å². The second-order valence-electron chi connectivity index (χ2n) is 5.43. The summed E-state index contributed by atoms with van der Waals surface area (Å²) in [6.45, 7) is 0.337. The summed E-state index contributed by atoms with van der Waals surface area (Å²) < 4.78 is 5.37. The first-order valence-electron chi connectivity index (χ1n) is 7.87. The van der Waals surface area contributed by atoms with Crippen LogP contribution in [0.15, 0.2) is 60.7 Å². The number of nitrogens with one attached hydrogen (secondary N) is 2. The van der Waals surface area contributed by atoms with Crippen LogP contribution in [0.5, 0.6) is 0 Å². The fourth-order valence-corrected chi connectivity index (χ4v) is 2.28. The molecule has 0 fully saturated rings. The fraction of sp³-hybridized carbons (Fsp3) is 0.263. The highest BCUT2D eigenvalue weighted by Gasteiger charge is 2.22. The van der Waals surface area contributed by atoms with Crippen LogP contribution in [0.2, 0.25) is 0 Å². The summed E-state index contributed by atoms with van der Waals surface area (Å²) in [7, 11) is 1.68. The van der Waals surface area contributed by atoms with Crippen molar-refractivity contribution >= 4 is 11.9 Å². The molecule has 0 heterocycles. The smallest absolute Gasteiger partial charge is 0.329 e. The van der Waals surface area contributed by atoms with Crippen LogP contribution < -0.4 is 10.6 Å². The lowest BCUT2D eigenvalue weighted by atomic mass is 10.1. The minimum atomic E-state index is -0.711. The summed E-state index contributed by atoms with van der Waals surface area (Å²) >= 11 is 0. The van der Waals surface area contributed by atoms with Crippen molar-refractivity contribution in [1.29, 1.82) is 0 Å². The van der Waals surface area contributed by atoms with Crippen LogP contribution in [0.4, 0.5) is 0 Å². The summed E-state index contributed by atoms with van der Waals surface area (Å²) in [6.07, 6.45) is 0.393. The minimum Gasteiger partial charge on any atom is -0.459 e. The third kappa shape index (κ3) is 5.85. The van der Waals surface area contributed by atoms with Gasteiger partial charge in [-0.05, 0) is 18.2 Å². The Bertz CT molecular complexity index is 644. The average molecular weight is 326 g/mol.